The van der Waals surface area contributed by atoms with Gasteiger partial charge in [0.05, 0.1) is 12.2 Å². The third-order valence-electron chi connectivity index (χ3n) is 5.90. The zero-order valence-corrected chi connectivity index (χ0v) is 21.1. The minimum absolute atomic E-state index is 0.321. The number of thiocarbonyl (C=S) groups is 1. The summed E-state index contributed by atoms with van der Waals surface area (Å²) >= 11 is 7.17. The number of nitrogens with one attached hydrogen (secondary N) is 2. The molecule has 0 amide bonds. The van der Waals surface area contributed by atoms with Gasteiger partial charge in [-0.15, -0.1) is 11.3 Å². The fourth-order valence-corrected chi connectivity index (χ4v) is 5.60. The highest BCUT2D eigenvalue weighted by molar-refractivity contribution is 7.80. The second kappa shape index (κ2) is 12.1. The molecule has 2 N–H and O–H groups in total. The summed E-state index contributed by atoms with van der Waals surface area (Å²) in [5.41, 5.74) is 3.09. The normalized spacial score (nSPS) is 14.5. The fraction of sp³-hybridized carbons (Fsp3) is 0.333. The van der Waals surface area contributed by atoms with Crippen molar-refractivity contribution in [2.24, 2.45) is 0 Å². The third kappa shape index (κ3) is 6.88. The molecular weight excluding hydrogens is 462 g/mol. The number of ether oxygens (including phenoxy) is 1. The number of esters is 1. The molecule has 1 aliphatic rings. The first kappa shape index (κ1) is 24.4. The SMILES string of the molecule is CCOC(=O)c1cc(Cc2ccccc2)sc1NC(=S)NC1CCN(Cc2ccccc2)CC1. The number of hydrogen-bond donors (Lipinski definition) is 2. The van der Waals surface area contributed by atoms with E-state index in [-0.39, 0.29) is 5.97 Å². The van der Waals surface area contributed by atoms with E-state index in [4.69, 9.17) is 17.0 Å². The first-order chi connectivity index (χ1) is 16.6. The van der Waals surface area contributed by atoms with E-state index in [9.17, 15) is 4.79 Å². The molecule has 2 aromatic carbocycles. The van der Waals surface area contributed by atoms with E-state index in [0.29, 0.717) is 23.3 Å². The van der Waals surface area contributed by atoms with Crippen LogP contribution in [0.2, 0.25) is 0 Å². The summed E-state index contributed by atoms with van der Waals surface area (Å²) in [6.07, 6.45) is 2.83. The van der Waals surface area contributed by atoms with Crippen molar-refractivity contribution in [2.75, 3.05) is 25.0 Å². The van der Waals surface area contributed by atoms with Gasteiger partial charge in [0.2, 0.25) is 0 Å². The highest BCUT2D eigenvalue weighted by atomic mass is 32.1. The van der Waals surface area contributed by atoms with Crippen LogP contribution in [0.1, 0.15) is 46.1 Å². The summed E-state index contributed by atoms with van der Waals surface area (Å²) in [6.45, 7) is 5.20. The van der Waals surface area contributed by atoms with Gasteiger partial charge < -0.3 is 15.4 Å². The van der Waals surface area contributed by atoms with Gasteiger partial charge in [-0.05, 0) is 49.2 Å². The van der Waals surface area contributed by atoms with Crippen LogP contribution in [0.3, 0.4) is 0 Å². The minimum atomic E-state index is -0.322. The number of hydrogen-bond acceptors (Lipinski definition) is 5. The molecule has 4 rings (SSSR count). The molecule has 0 radical (unpaired) electrons. The molecule has 34 heavy (non-hydrogen) atoms. The Balaban J connectivity index is 1.34. The number of carbonyl (C=O) groups excluding carboxylic acids is 1. The predicted molar refractivity (Wildman–Crippen MR) is 144 cm³/mol. The Morgan fingerprint density at radius 3 is 2.35 bits per heavy atom. The van der Waals surface area contributed by atoms with Gasteiger partial charge in [0, 0.05) is 37.0 Å². The van der Waals surface area contributed by atoms with Gasteiger partial charge in [-0.3, -0.25) is 4.90 Å². The monoisotopic (exact) mass is 493 g/mol. The predicted octanol–water partition coefficient (Wildman–Crippen LogP) is 5.47. The molecule has 3 aromatic rings. The molecule has 0 atom stereocenters. The van der Waals surface area contributed by atoms with E-state index in [2.05, 4.69) is 58.0 Å². The third-order valence-corrected chi connectivity index (χ3v) is 7.17. The Morgan fingerprint density at radius 2 is 1.71 bits per heavy atom. The van der Waals surface area contributed by atoms with Crippen LogP contribution in [0.5, 0.6) is 0 Å². The van der Waals surface area contributed by atoms with Crippen molar-refractivity contribution < 1.29 is 9.53 Å². The first-order valence-corrected chi connectivity index (χ1v) is 13.0. The number of thiophene rings is 1. The first-order valence-electron chi connectivity index (χ1n) is 11.8. The minimum Gasteiger partial charge on any atom is -0.462 e. The lowest BCUT2D eigenvalue weighted by atomic mass is 10.0. The maximum atomic E-state index is 12.6. The van der Waals surface area contributed by atoms with Crippen LogP contribution in [0.15, 0.2) is 66.7 Å². The van der Waals surface area contributed by atoms with E-state index in [1.54, 1.807) is 11.3 Å². The molecule has 2 heterocycles. The number of rotatable bonds is 8. The number of piperidine rings is 1. The lowest BCUT2D eigenvalue weighted by molar-refractivity contribution is 0.0528. The largest absolute Gasteiger partial charge is 0.462 e. The van der Waals surface area contributed by atoms with Crippen molar-refractivity contribution in [3.63, 3.8) is 0 Å². The van der Waals surface area contributed by atoms with E-state index < -0.39 is 0 Å². The van der Waals surface area contributed by atoms with E-state index >= 15 is 0 Å². The molecule has 1 saturated heterocycles. The number of benzene rings is 2. The van der Waals surface area contributed by atoms with Gasteiger partial charge in [0.1, 0.15) is 5.00 Å². The van der Waals surface area contributed by atoms with Gasteiger partial charge in [0.25, 0.3) is 0 Å². The zero-order valence-electron chi connectivity index (χ0n) is 19.5. The molecule has 7 heteroatoms. The summed E-state index contributed by atoms with van der Waals surface area (Å²) in [7, 11) is 0. The quantitative estimate of drug-likeness (QED) is 0.321. The average Bonchev–Trinajstić information content (AvgIpc) is 3.23. The molecule has 1 aromatic heterocycles. The Morgan fingerprint density at radius 1 is 1.06 bits per heavy atom. The van der Waals surface area contributed by atoms with Gasteiger partial charge in [-0.1, -0.05) is 60.7 Å². The van der Waals surface area contributed by atoms with Crippen molar-refractivity contribution in [3.8, 4) is 0 Å². The second-order valence-electron chi connectivity index (χ2n) is 8.47. The summed E-state index contributed by atoms with van der Waals surface area (Å²) in [6, 6.07) is 23.1. The van der Waals surface area contributed by atoms with Crippen LogP contribution in [0.4, 0.5) is 5.00 Å². The summed E-state index contributed by atoms with van der Waals surface area (Å²) < 4.78 is 5.28. The van der Waals surface area contributed by atoms with Crippen LogP contribution in [0.25, 0.3) is 0 Å². The van der Waals surface area contributed by atoms with E-state index in [0.717, 1.165) is 48.8 Å². The number of anilines is 1. The van der Waals surface area contributed by atoms with E-state index in [1.165, 1.54) is 11.1 Å². The number of nitrogens with zero attached hydrogens (tertiary/aromatic N) is 1. The molecule has 5 nitrogen and oxygen atoms in total. The molecule has 0 unspecified atom stereocenters. The van der Waals surface area contributed by atoms with Crippen LogP contribution >= 0.6 is 23.6 Å². The molecule has 178 valence electrons. The van der Waals surface area contributed by atoms with Gasteiger partial charge in [0.15, 0.2) is 5.11 Å². The van der Waals surface area contributed by atoms with Crippen molar-refractivity contribution in [1.29, 1.82) is 0 Å². The highest BCUT2D eigenvalue weighted by Crippen LogP contribution is 2.31. The molecular formula is C27H31N3O2S2. The van der Waals surface area contributed by atoms with Crippen molar-refractivity contribution in [1.82, 2.24) is 10.2 Å². The summed E-state index contributed by atoms with van der Waals surface area (Å²) in [5.74, 6) is -0.322. The molecule has 0 saturated carbocycles. The molecule has 1 aliphatic heterocycles. The lowest BCUT2D eigenvalue weighted by Crippen LogP contribution is -2.45. The van der Waals surface area contributed by atoms with Crippen LogP contribution in [0, 0.1) is 0 Å². The topological polar surface area (TPSA) is 53.6 Å². The van der Waals surface area contributed by atoms with Gasteiger partial charge in [-0.25, -0.2) is 4.79 Å². The lowest BCUT2D eigenvalue weighted by Gasteiger charge is -2.33. The van der Waals surface area contributed by atoms with Crippen molar-refractivity contribution in [2.45, 2.75) is 38.8 Å². The fourth-order valence-electron chi connectivity index (χ4n) is 4.18. The maximum Gasteiger partial charge on any atom is 0.341 e. The average molecular weight is 494 g/mol. The van der Waals surface area contributed by atoms with Crippen LogP contribution in [-0.4, -0.2) is 41.7 Å². The summed E-state index contributed by atoms with van der Waals surface area (Å²) in [5, 5.41) is 8.03. The molecule has 0 spiro atoms. The standard InChI is InChI=1S/C27H31N3O2S2/c1-2-32-26(31)24-18-23(17-20-9-5-3-6-10-20)34-25(24)29-27(33)28-22-13-15-30(16-14-22)19-21-11-7-4-8-12-21/h3-12,18,22H,2,13-17,19H2,1H3,(H2,28,29,33). The Kier molecular flexibility index (Phi) is 8.68. The van der Waals surface area contributed by atoms with E-state index in [1.807, 2.05) is 31.2 Å². The Bertz CT molecular complexity index is 1080. The Labute approximate surface area is 211 Å². The maximum absolute atomic E-state index is 12.6. The smallest absolute Gasteiger partial charge is 0.341 e. The number of likely N-dealkylation sites (tertiary alicyclic amines) is 1. The van der Waals surface area contributed by atoms with Gasteiger partial charge in [-0.2, -0.15) is 0 Å². The molecule has 0 bridgehead atoms. The summed E-state index contributed by atoms with van der Waals surface area (Å²) in [4.78, 5) is 16.1. The van der Waals surface area contributed by atoms with Crippen molar-refractivity contribution >= 4 is 39.6 Å². The zero-order chi connectivity index (χ0) is 23.8. The van der Waals surface area contributed by atoms with Crippen LogP contribution < -0.4 is 10.6 Å². The van der Waals surface area contributed by atoms with Crippen molar-refractivity contribution in [3.05, 3.63) is 88.3 Å². The highest BCUT2D eigenvalue weighted by Gasteiger charge is 2.22. The molecule has 1 fully saturated rings. The molecule has 0 aliphatic carbocycles. The van der Waals surface area contributed by atoms with Crippen LogP contribution in [-0.2, 0) is 17.7 Å². The Hall–Kier alpha value is -2.74. The van der Waals surface area contributed by atoms with Gasteiger partial charge >= 0.3 is 5.97 Å². The second-order valence-corrected chi connectivity index (χ2v) is 10.0. The number of carbonyl (C=O) groups is 1.